The first kappa shape index (κ1) is 19.2. The van der Waals surface area contributed by atoms with Crippen LogP contribution in [0.5, 0.6) is 5.75 Å². The Morgan fingerprint density at radius 1 is 1.18 bits per heavy atom. The van der Waals surface area contributed by atoms with Crippen LogP contribution in [-0.2, 0) is 0 Å². The number of nitrogens with zero attached hydrogens (tertiary/aromatic N) is 3. The Morgan fingerprint density at radius 2 is 1.89 bits per heavy atom. The predicted molar refractivity (Wildman–Crippen MR) is 102 cm³/mol. The Kier molecular flexibility index (Phi) is 5.23. The lowest BCUT2D eigenvalue weighted by Crippen LogP contribution is -2.26. The molecule has 0 saturated heterocycles. The minimum Gasteiger partial charge on any atom is -0.420 e. The molecule has 0 radical (unpaired) electrons. The van der Waals surface area contributed by atoms with Crippen LogP contribution in [-0.4, -0.2) is 20.7 Å². The van der Waals surface area contributed by atoms with Gasteiger partial charge in [0.25, 0.3) is 5.69 Å². The van der Waals surface area contributed by atoms with Gasteiger partial charge in [0, 0.05) is 17.8 Å². The van der Waals surface area contributed by atoms with E-state index >= 15 is 0 Å². The van der Waals surface area contributed by atoms with Crippen LogP contribution in [0.25, 0.3) is 5.69 Å². The molecular weight excluding hydrogens is 386 g/mol. The number of rotatable bonds is 4. The van der Waals surface area contributed by atoms with Gasteiger partial charge in [-0.2, -0.15) is 5.10 Å². The van der Waals surface area contributed by atoms with E-state index in [-0.39, 0.29) is 22.1 Å². The number of hydrogen-bond acceptors (Lipinski definition) is 6. The lowest BCUT2D eigenvalue weighted by molar-refractivity contribution is -0.384. The molecule has 0 unspecified atom stereocenters. The highest BCUT2D eigenvalue weighted by atomic mass is 35.5. The SMILES string of the molecule is Cc1ccc(Cl)c(OC(=O)c2nn(-c3ccccc3[N+](=O)[O-])c(C)cc2=O)c1. The smallest absolute Gasteiger partial charge is 0.368 e. The van der Waals surface area contributed by atoms with Gasteiger partial charge in [-0.25, -0.2) is 9.48 Å². The molecular formula is C19H14ClN3O5. The van der Waals surface area contributed by atoms with Gasteiger partial charge in [-0.05, 0) is 37.6 Å². The summed E-state index contributed by atoms with van der Waals surface area (Å²) in [5.74, 6) is -0.921. The van der Waals surface area contributed by atoms with Crippen LogP contribution in [0.3, 0.4) is 0 Å². The van der Waals surface area contributed by atoms with Gasteiger partial charge in [0.15, 0.2) is 0 Å². The van der Waals surface area contributed by atoms with Crippen molar-refractivity contribution >= 4 is 23.3 Å². The zero-order valence-corrected chi connectivity index (χ0v) is 15.6. The molecule has 9 heteroatoms. The first-order chi connectivity index (χ1) is 13.3. The van der Waals surface area contributed by atoms with Crippen LogP contribution in [0.2, 0.25) is 5.02 Å². The summed E-state index contributed by atoms with van der Waals surface area (Å²) in [6, 6.07) is 11.9. The molecule has 0 atom stereocenters. The summed E-state index contributed by atoms with van der Waals surface area (Å²) in [6.45, 7) is 3.34. The van der Waals surface area contributed by atoms with E-state index in [0.29, 0.717) is 5.69 Å². The number of nitro benzene ring substituents is 1. The third-order valence-electron chi connectivity index (χ3n) is 3.90. The quantitative estimate of drug-likeness (QED) is 0.287. The Bertz CT molecular complexity index is 1160. The molecule has 0 bridgehead atoms. The van der Waals surface area contributed by atoms with Gasteiger partial charge in [0.2, 0.25) is 11.1 Å². The van der Waals surface area contributed by atoms with E-state index in [4.69, 9.17) is 16.3 Å². The fraction of sp³-hybridized carbons (Fsp3) is 0.105. The Labute approximate surface area is 164 Å². The Morgan fingerprint density at radius 3 is 2.61 bits per heavy atom. The minimum atomic E-state index is -1.01. The second-order valence-corrected chi connectivity index (χ2v) is 6.39. The Hall–Kier alpha value is -3.52. The van der Waals surface area contributed by atoms with Gasteiger partial charge in [0.05, 0.1) is 9.95 Å². The van der Waals surface area contributed by atoms with Crippen LogP contribution in [0.15, 0.2) is 53.3 Å². The van der Waals surface area contributed by atoms with E-state index in [1.54, 1.807) is 38.1 Å². The van der Waals surface area contributed by atoms with Crippen molar-refractivity contribution in [3.8, 4) is 11.4 Å². The summed E-state index contributed by atoms with van der Waals surface area (Å²) >= 11 is 6.02. The zero-order valence-electron chi connectivity index (χ0n) is 14.9. The lowest BCUT2D eigenvalue weighted by atomic mass is 10.2. The highest BCUT2D eigenvalue weighted by Crippen LogP contribution is 2.26. The van der Waals surface area contributed by atoms with Crippen molar-refractivity contribution in [1.82, 2.24) is 9.78 Å². The summed E-state index contributed by atoms with van der Waals surface area (Å²) < 4.78 is 6.38. The number of nitro groups is 1. The van der Waals surface area contributed by atoms with Crippen LogP contribution in [0.4, 0.5) is 5.69 Å². The van der Waals surface area contributed by atoms with Crippen molar-refractivity contribution in [2.45, 2.75) is 13.8 Å². The van der Waals surface area contributed by atoms with E-state index in [9.17, 15) is 19.7 Å². The van der Waals surface area contributed by atoms with Gasteiger partial charge < -0.3 is 4.74 Å². The average molecular weight is 400 g/mol. The van der Waals surface area contributed by atoms with Crippen LogP contribution in [0.1, 0.15) is 21.7 Å². The first-order valence-electron chi connectivity index (χ1n) is 8.11. The number of aromatic nitrogens is 2. The second kappa shape index (κ2) is 7.61. The molecule has 0 fully saturated rings. The molecule has 0 amide bonds. The predicted octanol–water partition coefficient (Wildman–Crippen LogP) is 3.63. The first-order valence-corrected chi connectivity index (χ1v) is 8.49. The molecule has 3 aromatic rings. The molecule has 0 N–H and O–H groups in total. The average Bonchev–Trinajstić information content (AvgIpc) is 2.64. The lowest BCUT2D eigenvalue weighted by Gasteiger charge is -2.11. The highest BCUT2D eigenvalue weighted by molar-refractivity contribution is 6.32. The summed E-state index contributed by atoms with van der Waals surface area (Å²) in [4.78, 5) is 35.5. The minimum absolute atomic E-state index is 0.0886. The third-order valence-corrected chi connectivity index (χ3v) is 4.21. The van der Waals surface area contributed by atoms with Crippen LogP contribution < -0.4 is 10.2 Å². The molecule has 142 valence electrons. The van der Waals surface area contributed by atoms with Crippen molar-refractivity contribution in [3.63, 3.8) is 0 Å². The second-order valence-electron chi connectivity index (χ2n) is 5.98. The van der Waals surface area contributed by atoms with Crippen molar-refractivity contribution in [1.29, 1.82) is 0 Å². The molecule has 3 rings (SSSR count). The fourth-order valence-electron chi connectivity index (χ4n) is 2.57. The molecule has 0 spiro atoms. The highest BCUT2D eigenvalue weighted by Gasteiger charge is 2.22. The number of hydrogen-bond donors (Lipinski definition) is 0. The Balaban J connectivity index is 2.08. The maximum atomic E-state index is 12.5. The van der Waals surface area contributed by atoms with Crippen molar-refractivity contribution in [2.75, 3.05) is 0 Å². The molecule has 28 heavy (non-hydrogen) atoms. The van der Waals surface area contributed by atoms with Gasteiger partial charge >= 0.3 is 5.97 Å². The molecule has 0 aliphatic rings. The number of para-hydroxylation sites is 2. The van der Waals surface area contributed by atoms with E-state index in [0.717, 1.165) is 16.3 Å². The van der Waals surface area contributed by atoms with Crippen molar-refractivity contribution in [2.24, 2.45) is 0 Å². The van der Waals surface area contributed by atoms with Crippen LogP contribution >= 0.6 is 11.6 Å². The van der Waals surface area contributed by atoms with E-state index in [2.05, 4.69) is 5.10 Å². The molecule has 8 nitrogen and oxygen atoms in total. The van der Waals surface area contributed by atoms with Crippen LogP contribution in [0, 0.1) is 24.0 Å². The third kappa shape index (κ3) is 3.77. The number of ether oxygens (including phenoxy) is 1. The van der Waals surface area contributed by atoms with Crippen molar-refractivity contribution in [3.05, 3.63) is 90.8 Å². The molecule has 2 aromatic carbocycles. The maximum absolute atomic E-state index is 12.5. The summed E-state index contributed by atoms with van der Waals surface area (Å²) in [5, 5.41) is 15.5. The number of esters is 1. The van der Waals surface area contributed by atoms with Gasteiger partial charge in [-0.1, -0.05) is 29.8 Å². The number of halogens is 1. The molecule has 1 heterocycles. The summed E-state index contributed by atoms with van der Waals surface area (Å²) in [7, 11) is 0. The molecule has 0 aliphatic carbocycles. The number of aryl methyl sites for hydroxylation is 2. The molecule has 0 saturated carbocycles. The topological polar surface area (TPSA) is 104 Å². The van der Waals surface area contributed by atoms with E-state index < -0.39 is 22.0 Å². The normalized spacial score (nSPS) is 10.5. The van der Waals surface area contributed by atoms with Gasteiger partial charge in [-0.3, -0.25) is 14.9 Å². The molecule has 0 aliphatic heterocycles. The van der Waals surface area contributed by atoms with Gasteiger partial charge in [-0.15, -0.1) is 0 Å². The summed E-state index contributed by atoms with van der Waals surface area (Å²) in [6.07, 6.45) is 0. The largest absolute Gasteiger partial charge is 0.420 e. The monoisotopic (exact) mass is 399 g/mol. The van der Waals surface area contributed by atoms with E-state index in [1.807, 2.05) is 0 Å². The zero-order chi connectivity index (χ0) is 20.4. The fourth-order valence-corrected chi connectivity index (χ4v) is 2.72. The molecule has 1 aromatic heterocycles. The number of carbonyl (C=O) groups is 1. The number of benzene rings is 2. The van der Waals surface area contributed by atoms with Gasteiger partial charge in [0.1, 0.15) is 11.4 Å². The number of carbonyl (C=O) groups excluding carboxylic acids is 1. The summed E-state index contributed by atoms with van der Waals surface area (Å²) in [5.41, 5.74) is -0.149. The van der Waals surface area contributed by atoms with E-state index in [1.165, 1.54) is 18.2 Å². The maximum Gasteiger partial charge on any atom is 0.368 e. The standard InChI is InChI=1S/C19H14ClN3O5/c1-11-7-8-13(20)17(9-11)28-19(25)18-16(24)10-12(2)22(21-18)14-5-3-4-6-15(14)23(26)27/h3-10H,1-2H3. The van der Waals surface area contributed by atoms with Crippen molar-refractivity contribution < 1.29 is 14.5 Å².